The van der Waals surface area contributed by atoms with Crippen molar-refractivity contribution in [2.75, 3.05) is 23.3 Å². The lowest BCUT2D eigenvalue weighted by Gasteiger charge is -2.19. The predicted octanol–water partition coefficient (Wildman–Crippen LogP) is 2.20. The summed E-state index contributed by atoms with van der Waals surface area (Å²) < 4.78 is 1.37. The van der Waals surface area contributed by atoms with E-state index in [1.165, 1.54) is 10.9 Å². The first kappa shape index (κ1) is 13.1. The zero-order chi connectivity index (χ0) is 13.7. The molecule has 0 spiro atoms. The lowest BCUT2D eigenvalue weighted by Crippen LogP contribution is -2.23. The summed E-state index contributed by atoms with van der Waals surface area (Å²) in [5.74, 6) is 0.908. The minimum atomic E-state index is -0.255. The molecule has 0 aliphatic rings. The largest absolute Gasteiger partial charge is 0.357 e. The Kier molecular flexibility index (Phi) is 4.12. The number of nitrogens with zero attached hydrogens (tertiary/aromatic N) is 4. The van der Waals surface area contributed by atoms with Gasteiger partial charge in [-0.25, -0.2) is 14.8 Å². The molecule has 0 aromatic carbocycles. The normalized spacial score (nSPS) is 10.2. The van der Waals surface area contributed by atoms with Crippen LogP contribution >= 0.6 is 0 Å². The Bertz CT molecular complexity index is 516. The molecule has 6 nitrogen and oxygen atoms in total. The number of pyridine rings is 1. The van der Waals surface area contributed by atoms with Gasteiger partial charge in [-0.2, -0.15) is 0 Å². The first-order chi connectivity index (χ1) is 9.24. The van der Waals surface area contributed by atoms with Crippen molar-refractivity contribution in [3.05, 3.63) is 37.1 Å². The van der Waals surface area contributed by atoms with Gasteiger partial charge in [-0.1, -0.05) is 0 Å². The predicted molar refractivity (Wildman–Crippen MR) is 74.4 cm³/mol. The minimum absolute atomic E-state index is 0.255. The van der Waals surface area contributed by atoms with Crippen LogP contribution in [0.1, 0.15) is 13.8 Å². The van der Waals surface area contributed by atoms with E-state index in [4.69, 9.17) is 0 Å². The van der Waals surface area contributed by atoms with Gasteiger partial charge in [-0.3, -0.25) is 4.57 Å². The lowest BCUT2D eigenvalue weighted by atomic mass is 10.3. The van der Waals surface area contributed by atoms with Gasteiger partial charge in [0.1, 0.15) is 12.1 Å². The van der Waals surface area contributed by atoms with Gasteiger partial charge in [0.15, 0.2) is 0 Å². The fourth-order valence-corrected chi connectivity index (χ4v) is 1.76. The van der Waals surface area contributed by atoms with Gasteiger partial charge < -0.3 is 10.2 Å². The van der Waals surface area contributed by atoms with Crippen LogP contribution < -0.4 is 10.2 Å². The van der Waals surface area contributed by atoms with Crippen LogP contribution in [0.3, 0.4) is 0 Å². The zero-order valence-corrected chi connectivity index (χ0v) is 11.1. The fraction of sp³-hybridized carbons (Fsp3) is 0.308. The molecule has 0 radical (unpaired) electrons. The maximum atomic E-state index is 11.8. The van der Waals surface area contributed by atoms with E-state index in [-0.39, 0.29) is 6.03 Å². The number of anilines is 2. The zero-order valence-electron chi connectivity index (χ0n) is 11.1. The molecule has 1 amide bonds. The van der Waals surface area contributed by atoms with E-state index in [1.807, 2.05) is 12.1 Å². The third-order valence-corrected chi connectivity index (χ3v) is 2.83. The number of hydrogen-bond acceptors (Lipinski definition) is 4. The molecule has 0 unspecified atom stereocenters. The quantitative estimate of drug-likeness (QED) is 0.914. The highest BCUT2D eigenvalue weighted by Crippen LogP contribution is 2.13. The fourth-order valence-electron chi connectivity index (χ4n) is 1.76. The second-order valence-corrected chi connectivity index (χ2v) is 3.98. The number of nitrogens with one attached hydrogen (secondary N) is 1. The first-order valence-corrected chi connectivity index (χ1v) is 6.25. The van der Waals surface area contributed by atoms with Crippen molar-refractivity contribution >= 4 is 17.5 Å². The number of amides is 1. The molecule has 0 fully saturated rings. The summed E-state index contributed by atoms with van der Waals surface area (Å²) in [5.41, 5.74) is 0.662. The summed E-state index contributed by atoms with van der Waals surface area (Å²) in [6.45, 7) is 5.98. The van der Waals surface area contributed by atoms with E-state index in [0.29, 0.717) is 5.69 Å². The van der Waals surface area contributed by atoms with Crippen molar-refractivity contribution in [1.82, 2.24) is 14.5 Å². The van der Waals surface area contributed by atoms with E-state index in [9.17, 15) is 4.79 Å². The molecule has 0 saturated carbocycles. The van der Waals surface area contributed by atoms with Gasteiger partial charge >= 0.3 is 6.03 Å². The van der Waals surface area contributed by atoms with Crippen molar-refractivity contribution in [1.29, 1.82) is 0 Å². The molecule has 2 rings (SSSR count). The first-order valence-electron chi connectivity index (χ1n) is 6.25. The molecular weight excluding hydrogens is 242 g/mol. The van der Waals surface area contributed by atoms with E-state index in [0.717, 1.165) is 18.9 Å². The summed E-state index contributed by atoms with van der Waals surface area (Å²) in [4.78, 5) is 22.1. The highest BCUT2D eigenvalue weighted by molar-refractivity contribution is 5.90. The average molecular weight is 259 g/mol. The Hall–Kier alpha value is -2.37. The Morgan fingerprint density at radius 1 is 1.37 bits per heavy atom. The van der Waals surface area contributed by atoms with Gasteiger partial charge in [0.05, 0.1) is 11.9 Å². The van der Waals surface area contributed by atoms with Gasteiger partial charge in [0.2, 0.25) is 0 Å². The molecule has 2 aromatic rings. The number of aromatic nitrogens is 3. The van der Waals surface area contributed by atoms with Crippen LogP contribution in [0.5, 0.6) is 0 Å². The molecule has 2 heterocycles. The molecule has 0 atom stereocenters. The Morgan fingerprint density at radius 2 is 2.16 bits per heavy atom. The Labute approximate surface area is 112 Å². The van der Waals surface area contributed by atoms with Crippen LogP contribution in [0.15, 0.2) is 37.1 Å². The second-order valence-electron chi connectivity index (χ2n) is 3.98. The number of imidazole rings is 1. The molecular formula is C13H17N5O. The summed E-state index contributed by atoms with van der Waals surface area (Å²) in [5, 5.41) is 2.75. The molecule has 0 aliphatic carbocycles. The van der Waals surface area contributed by atoms with Gasteiger partial charge in [0.25, 0.3) is 0 Å². The smallest absolute Gasteiger partial charge is 0.331 e. The Morgan fingerprint density at radius 3 is 2.68 bits per heavy atom. The average Bonchev–Trinajstić information content (AvgIpc) is 2.96. The molecule has 100 valence electrons. The Balaban J connectivity index is 2.05. The third kappa shape index (κ3) is 3.09. The van der Waals surface area contributed by atoms with E-state index < -0.39 is 0 Å². The summed E-state index contributed by atoms with van der Waals surface area (Å²) in [6, 6.07) is 3.49. The van der Waals surface area contributed by atoms with Crippen LogP contribution in [-0.4, -0.2) is 33.7 Å². The number of carbonyl (C=O) groups is 1. The second kappa shape index (κ2) is 5.99. The molecule has 2 aromatic heterocycles. The van der Waals surface area contributed by atoms with E-state index in [1.54, 1.807) is 18.6 Å². The van der Waals surface area contributed by atoms with Crippen molar-refractivity contribution < 1.29 is 4.79 Å². The van der Waals surface area contributed by atoms with Crippen molar-refractivity contribution in [3.8, 4) is 0 Å². The van der Waals surface area contributed by atoms with Crippen molar-refractivity contribution in [2.24, 2.45) is 0 Å². The maximum Gasteiger partial charge on any atom is 0.331 e. The molecule has 0 saturated heterocycles. The van der Waals surface area contributed by atoms with Crippen LogP contribution in [0.25, 0.3) is 0 Å². The van der Waals surface area contributed by atoms with Gasteiger partial charge in [-0.05, 0) is 26.0 Å². The summed E-state index contributed by atoms with van der Waals surface area (Å²) in [7, 11) is 0. The molecule has 1 N–H and O–H groups in total. The number of rotatable bonds is 4. The minimum Gasteiger partial charge on any atom is -0.357 e. The van der Waals surface area contributed by atoms with Crippen molar-refractivity contribution in [2.45, 2.75) is 13.8 Å². The number of carbonyl (C=O) groups excluding carboxylic acids is 1. The highest BCUT2D eigenvalue weighted by atomic mass is 16.2. The van der Waals surface area contributed by atoms with Crippen LogP contribution in [-0.2, 0) is 0 Å². The van der Waals surface area contributed by atoms with Crippen LogP contribution in [0.2, 0.25) is 0 Å². The van der Waals surface area contributed by atoms with Gasteiger partial charge in [-0.15, -0.1) is 0 Å². The third-order valence-electron chi connectivity index (χ3n) is 2.83. The molecule has 0 aliphatic heterocycles. The highest BCUT2D eigenvalue weighted by Gasteiger charge is 2.06. The van der Waals surface area contributed by atoms with Crippen molar-refractivity contribution in [3.63, 3.8) is 0 Å². The summed E-state index contributed by atoms with van der Waals surface area (Å²) in [6.07, 6.45) is 6.25. The monoisotopic (exact) mass is 259 g/mol. The topological polar surface area (TPSA) is 63.1 Å². The summed E-state index contributed by atoms with van der Waals surface area (Å²) >= 11 is 0. The van der Waals surface area contributed by atoms with Crippen LogP contribution in [0.4, 0.5) is 16.3 Å². The lowest BCUT2D eigenvalue weighted by molar-refractivity contribution is 0.253. The van der Waals surface area contributed by atoms with Crippen LogP contribution in [0, 0.1) is 0 Å². The van der Waals surface area contributed by atoms with E-state index in [2.05, 4.69) is 34.0 Å². The maximum absolute atomic E-state index is 11.8. The SMILES string of the molecule is CCN(CC)c1ccc(NC(=O)n2ccnc2)cn1. The molecule has 19 heavy (non-hydrogen) atoms. The standard InChI is InChI=1S/C13H17N5O/c1-3-17(4-2)12-6-5-11(9-15-12)16-13(19)18-8-7-14-10-18/h5-10H,3-4H2,1-2H3,(H,16,19). The molecule has 6 heteroatoms. The van der Waals surface area contributed by atoms with E-state index >= 15 is 0 Å². The number of hydrogen-bond donors (Lipinski definition) is 1. The van der Waals surface area contributed by atoms with Gasteiger partial charge in [0, 0.05) is 25.5 Å². The molecule has 0 bridgehead atoms.